The number of rotatable bonds is 4. The Kier molecular flexibility index (Phi) is 4.20. The molecule has 0 unspecified atom stereocenters. The van der Waals surface area contributed by atoms with Gasteiger partial charge in [0.2, 0.25) is 0 Å². The van der Waals surface area contributed by atoms with E-state index < -0.39 is 0 Å². The third-order valence-electron chi connectivity index (χ3n) is 3.13. The summed E-state index contributed by atoms with van der Waals surface area (Å²) in [4.78, 5) is 12.6. The molecule has 0 aliphatic carbocycles. The molecule has 0 bridgehead atoms. The Balaban J connectivity index is 1.93. The predicted molar refractivity (Wildman–Crippen MR) is 85.1 cm³/mol. The normalized spacial score (nSPS) is 10.3. The van der Waals surface area contributed by atoms with Crippen LogP contribution in [0.3, 0.4) is 0 Å². The van der Waals surface area contributed by atoms with E-state index >= 15 is 0 Å². The first-order valence-electron chi connectivity index (χ1n) is 6.65. The van der Waals surface area contributed by atoms with Gasteiger partial charge in [0.25, 0.3) is 5.91 Å². The van der Waals surface area contributed by atoms with Crippen molar-refractivity contribution in [1.29, 1.82) is 0 Å². The summed E-state index contributed by atoms with van der Waals surface area (Å²) in [5, 5.41) is 14.2. The van der Waals surface area contributed by atoms with Crippen molar-refractivity contribution in [2.24, 2.45) is 0 Å². The third kappa shape index (κ3) is 3.29. The zero-order chi connectivity index (χ0) is 16.2. The molecule has 0 aliphatic rings. The molecule has 7 nitrogen and oxygen atoms in total. The molecule has 116 valence electrons. The number of tetrazole rings is 1. The molecule has 23 heavy (non-hydrogen) atoms. The third-order valence-corrected chi connectivity index (χ3v) is 3.36. The minimum atomic E-state index is -0.305. The number of methoxy groups -OCH3 is 1. The molecule has 1 N–H and O–H groups in total. The number of halogens is 1. The molecule has 1 aromatic heterocycles. The molecule has 2 aromatic carbocycles. The molecule has 8 heteroatoms. The molecule has 0 spiro atoms. The number of hydrogen-bond donors (Lipinski definition) is 1. The highest BCUT2D eigenvalue weighted by Crippen LogP contribution is 2.22. The fourth-order valence-electron chi connectivity index (χ4n) is 2.06. The zero-order valence-electron chi connectivity index (χ0n) is 12.1. The Morgan fingerprint density at radius 2 is 2.13 bits per heavy atom. The number of nitrogens with zero attached hydrogens (tertiary/aromatic N) is 4. The number of aromatic nitrogens is 4. The van der Waals surface area contributed by atoms with Gasteiger partial charge >= 0.3 is 0 Å². The number of anilines is 1. The topological polar surface area (TPSA) is 81.9 Å². The molecular weight excluding hydrogens is 318 g/mol. The average Bonchev–Trinajstić information content (AvgIpc) is 3.09. The quantitative estimate of drug-likeness (QED) is 0.795. The fraction of sp³-hybridized carbons (Fsp3) is 0.0667. The summed E-state index contributed by atoms with van der Waals surface area (Å²) in [7, 11) is 1.57. The number of carbonyl (C=O) groups is 1. The van der Waals surface area contributed by atoms with Crippen molar-refractivity contribution in [3.8, 4) is 11.4 Å². The number of nitrogens with one attached hydrogen (secondary N) is 1. The summed E-state index contributed by atoms with van der Waals surface area (Å²) in [5.41, 5.74) is 1.50. The molecular formula is C15H12ClN5O2. The molecule has 0 saturated heterocycles. The molecule has 3 aromatic rings. The van der Waals surface area contributed by atoms with E-state index in [2.05, 4.69) is 20.8 Å². The number of amides is 1. The number of ether oxygens (including phenoxy) is 1. The molecule has 0 saturated carbocycles. The zero-order valence-corrected chi connectivity index (χ0v) is 12.9. The first-order chi connectivity index (χ1) is 11.2. The minimum absolute atomic E-state index is 0.305. The van der Waals surface area contributed by atoms with Gasteiger partial charge in [-0.2, -0.15) is 4.68 Å². The summed E-state index contributed by atoms with van der Waals surface area (Å²) in [6.07, 6.45) is 1.40. The monoisotopic (exact) mass is 329 g/mol. The second-order valence-corrected chi connectivity index (χ2v) is 5.04. The van der Waals surface area contributed by atoms with E-state index in [4.69, 9.17) is 16.3 Å². The Morgan fingerprint density at radius 3 is 2.87 bits per heavy atom. The Bertz CT molecular complexity index is 836. The van der Waals surface area contributed by atoms with Gasteiger partial charge in [0.15, 0.2) is 0 Å². The van der Waals surface area contributed by atoms with E-state index in [1.807, 2.05) is 0 Å². The average molecular weight is 330 g/mol. The van der Waals surface area contributed by atoms with E-state index in [0.29, 0.717) is 27.7 Å². The van der Waals surface area contributed by atoms with Crippen LogP contribution in [0.1, 0.15) is 10.4 Å². The predicted octanol–water partition coefficient (Wildman–Crippen LogP) is 2.58. The first-order valence-corrected chi connectivity index (χ1v) is 7.03. The number of carbonyl (C=O) groups excluding carboxylic acids is 1. The largest absolute Gasteiger partial charge is 0.497 e. The van der Waals surface area contributed by atoms with Crippen LogP contribution >= 0.6 is 11.6 Å². The van der Waals surface area contributed by atoms with Crippen molar-refractivity contribution in [3.05, 3.63) is 59.4 Å². The molecule has 0 radical (unpaired) electrons. The molecule has 0 aliphatic heterocycles. The van der Waals surface area contributed by atoms with E-state index in [1.54, 1.807) is 49.6 Å². The summed E-state index contributed by atoms with van der Waals surface area (Å²) < 4.78 is 6.52. The maximum Gasteiger partial charge on any atom is 0.257 e. The van der Waals surface area contributed by atoms with Crippen molar-refractivity contribution in [2.45, 2.75) is 0 Å². The Hall–Kier alpha value is -2.93. The lowest BCUT2D eigenvalue weighted by atomic mass is 10.1. The molecule has 1 amide bonds. The van der Waals surface area contributed by atoms with Crippen LogP contribution in [-0.4, -0.2) is 33.2 Å². The van der Waals surface area contributed by atoms with Crippen LogP contribution in [0.15, 0.2) is 48.8 Å². The molecule has 1 heterocycles. The van der Waals surface area contributed by atoms with Crippen molar-refractivity contribution in [1.82, 2.24) is 20.2 Å². The van der Waals surface area contributed by atoms with Crippen LogP contribution in [0.5, 0.6) is 5.75 Å². The van der Waals surface area contributed by atoms with Gasteiger partial charge in [-0.1, -0.05) is 17.7 Å². The summed E-state index contributed by atoms with van der Waals surface area (Å²) in [6.45, 7) is 0. The SMILES string of the molecule is COc1cccc(NC(=O)c2ccc(Cl)cc2-n2cnnn2)c1. The van der Waals surface area contributed by atoms with Gasteiger partial charge < -0.3 is 10.1 Å². The van der Waals surface area contributed by atoms with Gasteiger partial charge in [0.05, 0.1) is 18.4 Å². The van der Waals surface area contributed by atoms with Crippen LogP contribution in [0, 0.1) is 0 Å². The second kappa shape index (κ2) is 6.45. The van der Waals surface area contributed by atoms with Gasteiger partial charge in [-0.15, -0.1) is 5.10 Å². The van der Waals surface area contributed by atoms with Gasteiger partial charge in [-0.3, -0.25) is 4.79 Å². The van der Waals surface area contributed by atoms with Crippen LogP contribution < -0.4 is 10.1 Å². The van der Waals surface area contributed by atoms with E-state index in [0.717, 1.165) is 0 Å². The smallest absolute Gasteiger partial charge is 0.257 e. The van der Waals surface area contributed by atoms with E-state index in [9.17, 15) is 4.79 Å². The maximum absolute atomic E-state index is 12.6. The molecule has 3 rings (SSSR count). The second-order valence-electron chi connectivity index (χ2n) is 4.60. The summed E-state index contributed by atoms with van der Waals surface area (Å²) in [5.74, 6) is 0.347. The molecule has 0 fully saturated rings. The van der Waals surface area contributed by atoms with Crippen LogP contribution in [0.25, 0.3) is 5.69 Å². The van der Waals surface area contributed by atoms with Crippen LogP contribution in [0.2, 0.25) is 5.02 Å². The highest BCUT2D eigenvalue weighted by Gasteiger charge is 2.15. The van der Waals surface area contributed by atoms with Gasteiger partial charge in [-0.05, 0) is 40.8 Å². The molecule has 0 atom stereocenters. The van der Waals surface area contributed by atoms with Gasteiger partial charge in [0, 0.05) is 16.8 Å². The first kappa shape index (κ1) is 15.0. The van der Waals surface area contributed by atoms with Crippen molar-refractivity contribution in [2.75, 3.05) is 12.4 Å². The van der Waals surface area contributed by atoms with Crippen LogP contribution in [0.4, 0.5) is 5.69 Å². The van der Waals surface area contributed by atoms with Gasteiger partial charge in [-0.25, -0.2) is 0 Å². The Labute approximate surface area is 136 Å². The minimum Gasteiger partial charge on any atom is -0.497 e. The highest BCUT2D eigenvalue weighted by atomic mass is 35.5. The number of hydrogen-bond acceptors (Lipinski definition) is 5. The fourth-order valence-corrected chi connectivity index (χ4v) is 2.22. The van der Waals surface area contributed by atoms with E-state index in [1.165, 1.54) is 11.0 Å². The maximum atomic E-state index is 12.6. The van der Waals surface area contributed by atoms with Crippen molar-refractivity contribution >= 4 is 23.2 Å². The van der Waals surface area contributed by atoms with Crippen molar-refractivity contribution in [3.63, 3.8) is 0 Å². The standard InChI is InChI=1S/C15H12ClN5O2/c1-23-12-4-2-3-11(8-12)18-15(22)13-6-5-10(16)7-14(13)21-9-17-19-20-21/h2-9H,1H3,(H,18,22). The van der Waals surface area contributed by atoms with Crippen LogP contribution in [-0.2, 0) is 0 Å². The number of benzene rings is 2. The summed E-state index contributed by atoms with van der Waals surface area (Å²) >= 11 is 6.01. The summed E-state index contributed by atoms with van der Waals surface area (Å²) in [6, 6.07) is 12.0. The lowest BCUT2D eigenvalue weighted by Crippen LogP contribution is -2.15. The lowest BCUT2D eigenvalue weighted by molar-refractivity contribution is 0.102. The Morgan fingerprint density at radius 1 is 1.26 bits per heavy atom. The van der Waals surface area contributed by atoms with Gasteiger partial charge in [0.1, 0.15) is 12.1 Å². The van der Waals surface area contributed by atoms with E-state index in [-0.39, 0.29) is 5.91 Å². The lowest BCUT2D eigenvalue weighted by Gasteiger charge is -2.10. The van der Waals surface area contributed by atoms with Crippen molar-refractivity contribution < 1.29 is 9.53 Å². The highest BCUT2D eigenvalue weighted by molar-refractivity contribution is 6.31.